The Labute approximate surface area is 183 Å². The number of cyclic esters (lactones) is 1. The van der Waals surface area contributed by atoms with E-state index in [0.29, 0.717) is 49.9 Å². The van der Waals surface area contributed by atoms with Crippen LogP contribution in [0.4, 0.5) is 26.4 Å². The lowest BCUT2D eigenvalue weighted by molar-refractivity contribution is -0.122. The zero-order valence-corrected chi connectivity index (χ0v) is 17.5. The van der Waals surface area contributed by atoms with Crippen LogP contribution in [0.5, 0.6) is 5.95 Å². The number of halogens is 1. The lowest BCUT2D eigenvalue weighted by Crippen LogP contribution is -2.46. The van der Waals surface area contributed by atoms with Crippen LogP contribution in [-0.4, -0.2) is 63.8 Å². The first-order chi connectivity index (χ1) is 15.4. The fourth-order valence-electron chi connectivity index (χ4n) is 3.78. The molecule has 3 heterocycles. The molecule has 1 aromatic carbocycles. The standard InChI is InChI=1S/C21H23FN4O6/c1-14(28)23-11-16-12-26(21(29)31-16)15-2-3-18(17(22)10-15)24-6-8-25(9-7-24)19-4-5-20(32-19)30-13-27/h2-5,10,13,16H,6-9,11-12H2,1H3,(H,23,28). The SMILES string of the molecule is CC(=O)NCC1CN(c2ccc(N3CCN(c4ccc(OC=O)o4)CC3)c(F)c2)C(=O)O1. The molecule has 0 radical (unpaired) electrons. The molecule has 170 valence electrons. The fourth-order valence-corrected chi connectivity index (χ4v) is 3.78. The zero-order valence-electron chi connectivity index (χ0n) is 17.5. The molecule has 1 atom stereocenters. The number of piperazine rings is 1. The Hall–Kier alpha value is -3.76. The number of benzene rings is 1. The Bertz CT molecular complexity index is 1000. The van der Waals surface area contributed by atoms with Crippen LogP contribution in [0.2, 0.25) is 0 Å². The van der Waals surface area contributed by atoms with Crippen molar-refractivity contribution in [3.8, 4) is 5.95 Å². The smallest absolute Gasteiger partial charge is 0.414 e. The average Bonchev–Trinajstić information content (AvgIpc) is 3.39. The summed E-state index contributed by atoms with van der Waals surface area (Å²) in [5.41, 5.74) is 0.846. The van der Waals surface area contributed by atoms with Crippen LogP contribution in [-0.2, 0) is 14.3 Å². The highest BCUT2D eigenvalue weighted by Gasteiger charge is 2.33. The van der Waals surface area contributed by atoms with Crippen molar-refractivity contribution in [3.05, 3.63) is 36.1 Å². The number of nitrogens with one attached hydrogen (secondary N) is 1. The summed E-state index contributed by atoms with van der Waals surface area (Å²) in [4.78, 5) is 38.9. The summed E-state index contributed by atoms with van der Waals surface area (Å²) < 4.78 is 30.3. The van der Waals surface area contributed by atoms with E-state index in [2.05, 4.69) is 10.1 Å². The van der Waals surface area contributed by atoms with Crippen molar-refractivity contribution in [3.63, 3.8) is 0 Å². The van der Waals surface area contributed by atoms with Gasteiger partial charge in [-0.15, -0.1) is 0 Å². The van der Waals surface area contributed by atoms with E-state index >= 15 is 0 Å². The summed E-state index contributed by atoms with van der Waals surface area (Å²) in [5, 5.41) is 2.61. The molecule has 32 heavy (non-hydrogen) atoms. The molecule has 2 aromatic rings. The second-order valence-electron chi connectivity index (χ2n) is 7.47. The van der Waals surface area contributed by atoms with Gasteiger partial charge in [0.15, 0.2) is 5.88 Å². The number of rotatable bonds is 7. The maximum atomic E-state index is 14.9. The van der Waals surface area contributed by atoms with Gasteiger partial charge in [-0.3, -0.25) is 14.5 Å². The Morgan fingerprint density at radius 2 is 1.97 bits per heavy atom. The molecular formula is C21H23FN4O6. The predicted octanol–water partition coefficient (Wildman–Crippen LogP) is 1.74. The monoisotopic (exact) mass is 446 g/mol. The van der Waals surface area contributed by atoms with E-state index in [9.17, 15) is 18.8 Å². The highest BCUT2D eigenvalue weighted by atomic mass is 19.1. The molecule has 2 aliphatic heterocycles. The van der Waals surface area contributed by atoms with Gasteiger partial charge in [-0.25, -0.2) is 9.18 Å². The zero-order chi connectivity index (χ0) is 22.7. The van der Waals surface area contributed by atoms with Crippen molar-refractivity contribution >= 4 is 35.7 Å². The van der Waals surface area contributed by atoms with E-state index < -0.39 is 18.0 Å². The van der Waals surface area contributed by atoms with Crippen molar-refractivity contribution in [1.29, 1.82) is 0 Å². The van der Waals surface area contributed by atoms with Gasteiger partial charge < -0.3 is 29.0 Å². The van der Waals surface area contributed by atoms with Gasteiger partial charge in [0, 0.05) is 45.2 Å². The molecule has 10 nitrogen and oxygen atoms in total. The molecule has 2 aliphatic rings. The van der Waals surface area contributed by atoms with E-state index in [0.717, 1.165) is 0 Å². The molecule has 0 spiro atoms. The summed E-state index contributed by atoms with van der Waals surface area (Å²) >= 11 is 0. The minimum absolute atomic E-state index is 0.124. The van der Waals surface area contributed by atoms with Gasteiger partial charge in [0.25, 0.3) is 5.95 Å². The number of nitrogens with zero attached hydrogens (tertiary/aromatic N) is 3. The van der Waals surface area contributed by atoms with E-state index in [4.69, 9.17) is 9.15 Å². The van der Waals surface area contributed by atoms with Crippen LogP contribution >= 0.6 is 0 Å². The first-order valence-electron chi connectivity index (χ1n) is 10.2. The van der Waals surface area contributed by atoms with Gasteiger partial charge in [-0.05, 0) is 18.2 Å². The highest BCUT2D eigenvalue weighted by molar-refractivity contribution is 5.90. The van der Waals surface area contributed by atoms with Crippen LogP contribution in [0.25, 0.3) is 0 Å². The summed E-state index contributed by atoms with van der Waals surface area (Å²) in [6.45, 7) is 4.44. The van der Waals surface area contributed by atoms with Gasteiger partial charge in [-0.2, -0.15) is 0 Å². The molecule has 1 N–H and O–H groups in total. The third kappa shape index (κ3) is 4.61. The number of carbonyl (C=O) groups is 3. The van der Waals surface area contributed by atoms with E-state index in [-0.39, 0.29) is 24.9 Å². The average molecular weight is 446 g/mol. The van der Waals surface area contributed by atoms with Gasteiger partial charge in [-0.1, -0.05) is 0 Å². The maximum Gasteiger partial charge on any atom is 0.414 e. The highest BCUT2D eigenvalue weighted by Crippen LogP contribution is 2.30. The molecule has 2 amide bonds. The number of hydrogen-bond donors (Lipinski definition) is 1. The quantitative estimate of drug-likeness (QED) is 0.642. The van der Waals surface area contributed by atoms with Crippen LogP contribution in [0.1, 0.15) is 6.92 Å². The number of hydrogen-bond acceptors (Lipinski definition) is 8. The number of anilines is 3. The molecule has 11 heteroatoms. The first-order valence-corrected chi connectivity index (χ1v) is 10.2. The number of amides is 2. The number of carbonyl (C=O) groups excluding carboxylic acids is 3. The van der Waals surface area contributed by atoms with Gasteiger partial charge in [0.05, 0.1) is 24.5 Å². The topological polar surface area (TPSA) is 105 Å². The second kappa shape index (κ2) is 9.16. The molecule has 2 fully saturated rings. The van der Waals surface area contributed by atoms with Crippen LogP contribution in [0.3, 0.4) is 0 Å². The molecular weight excluding hydrogens is 423 g/mol. The lowest BCUT2D eigenvalue weighted by atomic mass is 10.2. The molecule has 1 unspecified atom stereocenters. The molecule has 0 saturated carbocycles. The summed E-state index contributed by atoms with van der Waals surface area (Å²) in [6, 6.07) is 7.94. The summed E-state index contributed by atoms with van der Waals surface area (Å²) in [6.07, 6.45) is -1.06. The van der Waals surface area contributed by atoms with Gasteiger partial charge in [0.1, 0.15) is 11.9 Å². The van der Waals surface area contributed by atoms with E-state index in [1.807, 2.05) is 9.80 Å². The third-order valence-corrected chi connectivity index (χ3v) is 5.36. The Kier molecular flexibility index (Phi) is 6.15. The minimum Gasteiger partial charge on any atom is -0.442 e. The molecule has 2 saturated heterocycles. The van der Waals surface area contributed by atoms with Gasteiger partial charge >= 0.3 is 12.6 Å². The van der Waals surface area contributed by atoms with Crippen molar-refractivity contribution < 1.29 is 32.7 Å². The normalized spacial score (nSPS) is 18.5. The molecule has 4 rings (SSSR count). The largest absolute Gasteiger partial charge is 0.442 e. The van der Waals surface area contributed by atoms with E-state index in [1.54, 1.807) is 24.3 Å². The van der Waals surface area contributed by atoms with Crippen molar-refractivity contribution in [2.75, 3.05) is 54.0 Å². The predicted molar refractivity (Wildman–Crippen MR) is 113 cm³/mol. The molecule has 0 bridgehead atoms. The van der Waals surface area contributed by atoms with E-state index in [1.165, 1.54) is 17.9 Å². The Balaban J connectivity index is 1.37. The Morgan fingerprint density at radius 1 is 1.22 bits per heavy atom. The maximum absolute atomic E-state index is 14.9. The van der Waals surface area contributed by atoms with Crippen LogP contribution < -0.4 is 24.8 Å². The fraction of sp³-hybridized carbons (Fsp3) is 0.381. The number of furan rings is 1. The summed E-state index contributed by atoms with van der Waals surface area (Å²) in [5.74, 6) is 0.0583. The Morgan fingerprint density at radius 3 is 2.66 bits per heavy atom. The lowest BCUT2D eigenvalue weighted by Gasteiger charge is -2.36. The second-order valence-corrected chi connectivity index (χ2v) is 7.47. The van der Waals surface area contributed by atoms with Crippen LogP contribution in [0, 0.1) is 5.82 Å². The minimum atomic E-state index is -0.572. The van der Waals surface area contributed by atoms with Crippen molar-refractivity contribution in [2.24, 2.45) is 0 Å². The van der Waals surface area contributed by atoms with Crippen molar-refractivity contribution in [1.82, 2.24) is 5.32 Å². The summed E-state index contributed by atoms with van der Waals surface area (Å²) in [7, 11) is 0. The molecule has 1 aromatic heterocycles. The van der Waals surface area contributed by atoms with Crippen LogP contribution in [0.15, 0.2) is 34.7 Å². The number of ether oxygens (including phenoxy) is 2. The molecule has 0 aliphatic carbocycles. The van der Waals surface area contributed by atoms with Gasteiger partial charge in [0.2, 0.25) is 5.91 Å². The van der Waals surface area contributed by atoms with Crippen molar-refractivity contribution in [2.45, 2.75) is 13.0 Å². The first kappa shape index (κ1) is 21.5. The third-order valence-electron chi connectivity index (χ3n) is 5.36.